The molecule has 0 fully saturated rings. The molecule has 5 heteroatoms. The lowest BCUT2D eigenvalue weighted by Gasteiger charge is -2.23. The molecule has 0 aromatic rings. The Labute approximate surface area is 68.8 Å². The molecule has 0 amide bonds. The Bertz CT molecular complexity index is 86.3. The van der Waals surface area contributed by atoms with Crippen LogP contribution in [0.5, 0.6) is 0 Å². The monoisotopic (exact) mass is 179 g/mol. The lowest BCUT2D eigenvalue weighted by Crippen LogP contribution is -2.43. The third-order valence-corrected chi connectivity index (χ3v) is 4.17. The maximum absolute atomic E-state index is 5.12. The van der Waals surface area contributed by atoms with Crippen molar-refractivity contribution in [2.75, 3.05) is 27.9 Å². The summed E-state index contributed by atoms with van der Waals surface area (Å²) in [7, 11) is 5.56. The quantitative estimate of drug-likeness (QED) is 0.562. The number of rotatable bonds is 6. The molecule has 0 saturated heterocycles. The van der Waals surface area contributed by atoms with Crippen molar-refractivity contribution >= 4 is 8.80 Å². The van der Waals surface area contributed by atoms with Crippen molar-refractivity contribution in [1.29, 1.82) is 0 Å². The summed E-state index contributed by atoms with van der Waals surface area (Å²) in [6.07, 6.45) is 0. The van der Waals surface area contributed by atoms with Crippen LogP contribution in [0, 0.1) is 7.11 Å². The Morgan fingerprint density at radius 3 is 1.82 bits per heavy atom. The largest absolute Gasteiger partial charge is 0.502 e. The van der Waals surface area contributed by atoms with Gasteiger partial charge >= 0.3 is 8.80 Å². The number of hydrogen-bond donors (Lipinski definition) is 0. The summed E-state index contributed by atoms with van der Waals surface area (Å²) in [5.74, 6) is 0. The minimum absolute atomic E-state index is 0.488. The van der Waals surface area contributed by atoms with Crippen LogP contribution in [0.1, 0.15) is 0 Å². The highest BCUT2D eigenvalue weighted by Crippen LogP contribution is 2.11. The van der Waals surface area contributed by atoms with Crippen LogP contribution in [0.3, 0.4) is 0 Å². The lowest BCUT2D eigenvalue weighted by molar-refractivity contribution is 0.113. The zero-order valence-electron chi connectivity index (χ0n) is 7.25. The van der Waals surface area contributed by atoms with E-state index < -0.39 is 8.80 Å². The molecular formula is C6H15O4Si. The fourth-order valence-corrected chi connectivity index (χ4v) is 2.26. The standard InChI is InChI=1S/C6H15O4Si/c1-7-5-6-11(8-2,9-3)10-4/h1,5-6H2,2-4H3. The maximum atomic E-state index is 5.12. The van der Waals surface area contributed by atoms with Gasteiger partial charge in [-0.15, -0.1) is 0 Å². The summed E-state index contributed by atoms with van der Waals surface area (Å²) in [6.45, 7) is 0.488. The van der Waals surface area contributed by atoms with Gasteiger partial charge in [-0.2, -0.15) is 0 Å². The van der Waals surface area contributed by atoms with Crippen molar-refractivity contribution < 1.29 is 18.0 Å². The number of ether oxygens (including phenoxy) is 1. The first-order valence-corrected chi connectivity index (χ1v) is 5.20. The Morgan fingerprint density at radius 2 is 1.55 bits per heavy atom. The second kappa shape index (κ2) is 5.67. The molecule has 0 atom stereocenters. The van der Waals surface area contributed by atoms with Crippen LogP contribution in [0.25, 0.3) is 0 Å². The molecule has 0 spiro atoms. The fourth-order valence-electron chi connectivity index (χ4n) is 0.753. The molecule has 0 aliphatic carbocycles. The summed E-state index contributed by atoms with van der Waals surface area (Å²) < 4.78 is 20.0. The van der Waals surface area contributed by atoms with Crippen molar-refractivity contribution in [1.82, 2.24) is 0 Å². The molecule has 0 unspecified atom stereocenters. The van der Waals surface area contributed by atoms with Crippen LogP contribution in [0.15, 0.2) is 0 Å². The zero-order chi connectivity index (χ0) is 8.74. The van der Waals surface area contributed by atoms with Crippen LogP contribution < -0.4 is 0 Å². The topological polar surface area (TPSA) is 36.9 Å². The van der Waals surface area contributed by atoms with Crippen molar-refractivity contribution in [2.45, 2.75) is 6.04 Å². The van der Waals surface area contributed by atoms with Gasteiger partial charge in [0.1, 0.15) is 0 Å². The fraction of sp³-hybridized carbons (Fsp3) is 0.833. The average Bonchev–Trinajstić information content (AvgIpc) is 2.08. The molecule has 0 bridgehead atoms. The van der Waals surface area contributed by atoms with Crippen LogP contribution >= 0.6 is 0 Å². The second-order valence-corrected chi connectivity index (χ2v) is 5.04. The summed E-state index contributed by atoms with van der Waals surface area (Å²) >= 11 is 0. The van der Waals surface area contributed by atoms with Gasteiger partial charge in [-0.25, -0.2) is 0 Å². The molecule has 0 heterocycles. The van der Waals surface area contributed by atoms with Gasteiger partial charge in [0, 0.05) is 27.4 Å². The predicted molar refractivity (Wildman–Crippen MR) is 42.9 cm³/mol. The van der Waals surface area contributed by atoms with E-state index in [1.807, 2.05) is 0 Å². The van der Waals surface area contributed by atoms with Gasteiger partial charge in [-0.1, -0.05) is 0 Å². The summed E-state index contributed by atoms with van der Waals surface area (Å²) in [6, 6.07) is 0.625. The third-order valence-electron chi connectivity index (χ3n) is 1.49. The van der Waals surface area contributed by atoms with E-state index >= 15 is 0 Å². The minimum Gasteiger partial charge on any atom is -0.379 e. The van der Waals surface area contributed by atoms with E-state index in [-0.39, 0.29) is 0 Å². The van der Waals surface area contributed by atoms with Gasteiger partial charge in [0.25, 0.3) is 0 Å². The number of hydrogen-bond acceptors (Lipinski definition) is 4. The summed E-state index contributed by atoms with van der Waals surface area (Å²) in [5.41, 5.74) is 0. The average molecular weight is 179 g/mol. The van der Waals surface area contributed by atoms with Crippen LogP contribution in [0.4, 0.5) is 0 Å². The molecule has 0 aromatic heterocycles. The Balaban J connectivity index is 3.84. The van der Waals surface area contributed by atoms with E-state index in [1.54, 1.807) is 21.3 Å². The summed E-state index contributed by atoms with van der Waals surface area (Å²) in [5, 5.41) is 0. The van der Waals surface area contributed by atoms with E-state index in [1.165, 1.54) is 0 Å². The molecule has 11 heavy (non-hydrogen) atoms. The predicted octanol–water partition coefficient (Wildman–Crippen LogP) is 0.673. The van der Waals surface area contributed by atoms with Crippen LogP contribution in [0.2, 0.25) is 6.04 Å². The van der Waals surface area contributed by atoms with E-state index in [9.17, 15) is 0 Å². The maximum Gasteiger partial charge on any atom is 0.502 e. The van der Waals surface area contributed by atoms with Crippen molar-refractivity contribution in [3.8, 4) is 0 Å². The molecule has 0 aliphatic rings. The van der Waals surface area contributed by atoms with Crippen molar-refractivity contribution in [2.24, 2.45) is 0 Å². The van der Waals surface area contributed by atoms with Gasteiger partial charge in [0.15, 0.2) is 0 Å². The third kappa shape index (κ3) is 3.30. The van der Waals surface area contributed by atoms with Crippen molar-refractivity contribution in [3.63, 3.8) is 0 Å². The molecule has 4 nitrogen and oxygen atoms in total. The first-order valence-electron chi connectivity index (χ1n) is 3.27. The molecule has 1 radical (unpaired) electrons. The molecular weight excluding hydrogens is 164 g/mol. The zero-order valence-corrected chi connectivity index (χ0v) is 8.25. The van der Waals surface area contributed by atoms with E-state index in [2.05, 4.69) is 11.8 Å². The highest BCUT2D eigenvalue weighted by molar-refractivity contribution is 6.60. The minimum atomic E-state index is -2.40. The highest BCUT2D eigenvalue weighted by Gasteiger charge is 2.36. The second-order valence-electron chi connectivity index (χ2n) is 1.95. The normalized spacial score (nSPS) is 12.0. The Kier molecular flexibility index (Phi) is 5.70. The summed E-state index contributed by atoms with van der Waals surface area (Å²) in [4.78, 5) is 0. The van der Waals surface area contributed by atoms with Gasteiger partial charge in [-0.05, 0) is 0 Å². The molecule has 0 aliphatic heterocycles. The van der Waals surface area contributed by atoms with Gasteiger partial charge in [-0.3, -0.25) is 0 Å². The molecule has 67 valence electrons. The van der Waals surface area contributed by atoms with E-state index in [0.717, 1.165) is 0 Å². The lowest BCUT2D eigenvalue weighted by atomic mass is 10.9. The first-order chi connectivity index (χ1) is 5.24. The van der Waals surface area contributed by atoms with Gasteiger partial charge < -0.3 is 18.0 Å². The van der Waals surface area contributed by atoms with E-state index in [4.69, 9.17) is 13.3 Å². The highest BCUT2D eigenvalue weighted by atomic mass is 28.4. The van der Waals surface area contributed by atoms with Gasteiger partial charge in [0.05, 0.1) is 13.7 Å². The molecule has 0 N–H and O–H groups in total. The van der Waals surface area contributed by atoms with Gasteiger partial charge in [0.2, 0.25) is 0 Å². The SMILES string of the molecule is [CH2]OCC[Si](OC)(OC)OC. The Morgan fingerprint density at radius 1 is 1.09 bits per heavy atom. The van der Waals surface area contributed by atoms with E-state index in [0.29, 0.717) is 12.7 Å². The molecule has 0 saturated carbocycles. The van der Waals surface area contributed by atoms with Crippen LogP contribution in [-0.4, -0.2) is 36.7 Å². The first kappa shape index (κ1) is 11.1. The molecule has 0 aromatic carbocycles. The molecule has 0 rings (SSSR count). The smallest absolute Gasteiger partial charge is 0.379 e. The van der Waals surface area contributed by atoms with Crippen molar-refractivity contribution in [3.05, 3.63) is 7.11 Å². The van der Waals surface area contributed by atoms with Crippen LogP contribution in [-0.2, 0) is 18.0 Å². The Hall–Kier alpha value is 0.0569.